The lowest BCUT2D eigenvalue weighted by Gasteiger charge is -2.43. The summed E-state index contributed by atoms with van der Waals surface area (Å²) in [6, 6.07) is 0.520. The lowest BCUT2D eigenvalue weighted by Crippen LogP contribution is -2.56. The van der Waals surface area contributed by atoms with Crippen molar-refractivity contribution in [2.45, 2.75) is 18.9 Å². The lowest BCUT2D eigenvalue weighted by atomic mass is 9.92. The summed E-state index contributed by atoms with van der Waals surface area (Å²) in [6.07, 6.45) is 2.48. The molecule has 20 heavy (non-hydrogen) atoms. The van der Waals surface area contributed by atoms with E-state index in [4.69, 9.17) is 10.5 Å². The fraction of sp³-hybridized carbons (Fsp3) is 1.00. The molecule has 2 unspecified atom stereocenters. The van der Waals surface area contributed by atoms with Crippen molar-refractivity contribution in [2.75, 3.05) is 73.1 Å². The number of nitrogens with zero attached hydrogens (tertiary/aromatic N) is 3. The van der Waals surface area contributed by atoms with Crippen molar-refractivity contribution < 1.29 is 4.74 Å². The summed E-state index contributed by atoms with van der Waals surface area (Å²) in [7, 11) is 4.29. The number of likely N-dealkylation sites (N-methyl/N-ethyl adjacent to an activating group) is 1. The first-order valence-corrected chi connectivity index (χ1v) is 8.09. The fourth-order valence-electron chi connectivity index (χ4n) is 3.37. The van der Waals surface area contributed by atoms with E-state index in [0.717, 1.165) is 39.4 Å². The van der Waals surface area contributed by atoms with Crippen molar-refractivity contribution in [1.29, 1.82) is 0 Å². The molecule has 0 aromatic carbocycles. The van der Waals surface area contributed by atoms with Crippen LogP contribution in [-0.2, 0) is 4.74 Å². The first-order chi connectivity index (χ1) is 9.70. The average molecular weight is 284 g/mol. The van der Waals surface area contributed by atoms with Crippen LogP contribution < -0.4 is 5.73 Å². The lowest BCUT2D eigenvalue weighted by molar-refractivity contribution is -0.00289. The second kappa shape index (κ2) is 8.29. The predicted molar refractivity (Wildman–Crippen MR) is 83.0 cm³/mol. The van der Waals surface area contributed by atoms with Crippen LogP contribution in [0.15, 0.2) is 0 Å². The normalized spacial score (nSPS) is 27.9. The van der Waals surface area contributed by atoms with Gasteiger partial charge in [-0.2, -0.15) is 0 Å². The van der Waals surface area contributed by atoms with E-state index in [1.807, 2.05) is 0 Å². The molecular formula is C15H32N4O. The first-order valence-electron chi connectivity index (χ1n) is 8.09. The van der Waals surface area contributed by atoms with Gasteiger partial charge in [0.05, 0.1) is 6.61 Å². The number of piperazine rings is 1. The third-order valence-electron chi connectivity index (χ3n) is 4.72. The van der Waals surface area contributed by atoms with Crippen molar-refractivity contribution in [1.82, 2.24) is 14.7 Å². The van der Waals surface area contributed by atoms with Gasteiger partial charge in [-0.15, -0.1) is 0 Å². The summed E-state index contributed by atoms with van der Waals surface area (Å²) in [5, 5.41) is 0. The van der Waals surface area contributed by atoms with Gasteiger partial charge in [0.15, 0.2) is 0 Å². The summed E-state index contributed by atoms with van der Waals surface area (Å²) in [5.74, 6) is 0.641. The van der Waals surface area contributed by atoms with Gasteiger partial charge in [0.25, 0.3) is 0 Å². The van der Waals surface area contributed by atoms with Crippen LogP contribution >= 0.6 is 0 Å². The number of hydrogen-bond acceptors (Lipinski definition) is 5. The molecule has 2 aliphatic heterocycles. The summed E-state index contributed by atoms with van der Waals surface area (Å²) >= 11 is 0. The average Bonchev–Trinajstić information content (AvgIpc) is 2.48. The molecule has 5 nitrogen and oxygen atoms in total. The number of hydrogen-bond donors (Lipinski definition) is 1. The van der Waals surface area contributed by atoms with Crippen LogP contribution in [0.2, 0.25) is 0 Å². The SMILES string of the molecule is CN(C)CCN1CCN(C(CN)C2CCCOC2)CC1. The van der Waals surface area contributed by atoms with Crippen molar-refractivity contribution in [3.8, 4) is 0 Å². The Hall–Kier alpha value is -0.200. The van der Waals surface area contributed by atoms with E-state index >= 15 is 0 Å². The molecule has 2 aliphatic rings. The molecule has 0 aromatic heterocycles. The molecule has 118 valence electrons. The van der Waals surface area contributed by atoms with Crippen LogP contribution in [-0.4, -0.2) is 93.9 Å². The molecule has 2 saturated heterocycles. The largest absolute Gasteiger partial charge is 0.381 e. The fourth-order valence-corrected chi connectivity index (χ4v) is 3.37. The van der Waals surface area contributed by atoms with Crippen LogP contribution in [0.4, 0.5) is 0 Å². The molecule has 2 rings (SSSR count). The molecule has 0 aliphatic carbocycles. The van der Waals surface area contributed by atoms with Crippen molar-refractivity contribution in [2.24, 2.45) is 11.7 Å². The molecule has 0 bridgehead atoms. The van der Waals surface area contributed by atoms with Crippen molar-refractivity contribution >= 4 is 0 Å². The van der Waals surface area contributed by atoms with E-state index in [1.165, 1.54) is 32.5 Å². The topological polar surface area (TPSA) is 45.0 Å². The van der Waals surface area contributed by atoms with E-state index in [9.17, 15) is 0 Å². The molecule has 2 N–H and O–H groups in total. The zero-order valence-corrected chi connectivity index (χ0v) is 13.3. The molecule has 0 aromatic rings. The van der Waals surface area contributed by atoms with Gasteiger partial charge in [0.2, 0.25) is 0 Å². The zero-order chi connectivity index (χ0) is 14.4. The summed E-state index contributed by atoms with van der Waals surface area (Å²) in [4.78, 5) is 7.43. The Labute approximate surface area is 124 Å². The van der Waals surface area contributed by atoms with Crippen LogP contribution in [0.25, 0.3) is 0 Å². The predicted octanol–water partition coefficient (Wildman–Crippen LogP) is -0.0805. The molecule has 0 radical (unpaired) electrons. The standard InChI is InChI=1S/C15H32N4O/c1-17(2)5-6-18-7-9-19(10-8-18)15(12-16)14-4-3-11-20-13-14/h14-15H,3-13,16H2,1-2H3. The Morgan fingerprint density at radius 2 is 2.00 bits per heavy atom. The molecule has 2 heterocycles. The number of rotatable bonds is 6. The Balaban J connectivity index is 1.76. The molecular weight excluding hydrogens is 252 g/mol. The van der Waals surface area contributed by atoms with Crippen molar-refractivity contribution in [3.05, 3.63) is 0 Å². The van der Waals surface area contributed by atoms with Gasteiger partial charge in [-0.3, -0.25) is 9.80 Å². The highest BCUT2D eigenvalue weighted by molar-refractivity contribution is 4.85. The highest BCUT2D eigenvalue weighted by atomic mass is 16.5. The van der Waals surface area contributed by atoms with Gasteiger partial charge in [-0.1, -0.05) is 0 Å². The van der Waals surface area contributed by atoms with Crippen LogP contribution in [0.1, 0.15) is 12.8 Å². The van der Waals surface area contributed by atoms with E-state index in [1.54, 1.807) is 0 Å². The molecule has 2 fully saturated rings. The summed E-state index contributed by atoms with van der Waals surface area (Å²) < 4.78 is 5.64. The van der Waals surface area contributed by atoms with Gasteiger partial charge in [-0.05, 0) is 32.9 Å². The van der Waals surface area contributed by atoms with Gasteiger partial charge >= 0.3 is 0 Å². The Bertz CT molecular complexity index is 261. The first kappa shape index (κ1) is 16.2. The third-order valence-corrected chi connectivity index (χ3v) is 4.72. The molecule has 0 saturated carbocycles. The minimum Gasteiger partial charge on any atom is -0.381 e. The molecule has 5 heteroatoms. The van der Waals surface area contributed by atoms with Gasteiger partial charge in [0, 0.05) is 58.5 Å². The molecule has 0 spiro atoms. The quantitative estimate of drug-likeness (QED) is 0.739. The summed E-state index contributed by atoms with van der Waals surface area (Å²) in [6.45, 7) is 9.62. The smallest absolute Gasteiger partial charge is 0.0509 e. The minimum absolute atomic E-state index is 0.520. The minimum atomic E-state index is 0.520. The second-order valence-corrected chi connectivity index (χ2v) is 6.46. The van der Waals surface area contributed by atoms with E-state index < -0.39 is 0 Å². The maximum Gasteiger partial charge on any atom is 0.0509 e. The summed E-state index contributed by atoms with van der Waals surface area (Å²) in [5.41, 5.74) is 6.05. The zero-order valence-electron chi connectivity index (χ0n) is 13.3. The van der Waals surface area contributed by atoms with Gasteiger partial charge in [0.1, 0.15) is 0 Å². The second-order valence-electron chi connectivity index (χ2n) is 6.46. The maximum atomic E-state index is 6.05. The Morgan fingerprint density at radius 3 is 2.55 bits per heavy atom. The Kier molecular flexibility index (Phi) is 6.71. The monoisotopic (exact) mass is 284 g/mol. The Morgan fingerprint density at radius 1 is 1.25 bits per heavy atom. The number of nitrogens with two attached hydrogens (primary N) is 1. The van der Waals surface area contributed by atoms with E-state index in [0.29, 0.717) is 12.0 Å². The highest BCUT2D eigenvalue weighted by Gasteiger charge is 2.30. The van der Waals surface area contributed by atoms with E-state index in [2.05, 4.69) is 28.8 Å². The van der Waals surface area contributed by atoms with Crippen molar-refractivity contribution in [3.63, 3.8) is 0 Å². The van der Waals surface area contributed by atoms with E-state index in [-0.39, 0.29) is 0 Å². The van der Waals surface area contributed by atoms with Gasteiger partial charge in [-0.25, -0.2) is 0 Å². The van der Waals surface area contributed by atoms with Crippen LogP contribution in [0.3, 0.4) is 0 Å². The highest BCUT2D eigenvalue weighted by Crippen LogP contribution is 2.22. The maximum absolute atomic E-state index is 6.05. The van der Waals surface area contributed by atoms with Crippen LogP contribution in [0.5, 0.6) is 0 Å². The van der Waals surface area contributed by atoms with Gasteiger partial charge < -0.3 is 15.4 Å². The van der Waals surface area contributed by atoms with Crippen LogP contribution in [0, 0.1) is 5.92 Å². The molecule has 0 amide bonds. The molecule has 2 atom stereocenters. The third kappa shape index (κ3) is 4.67. The number of ether oxygens (including phenoxy) is 1.